The van der Waals surface area contributed by atoms with E-state index in [9.17, 15) is 4.79 Å². The summed E-state index contributed by atoms with van der Waals surface area (Å²) >= 11 is 0. The van der Waals surface area contributed by atoms with E-state index >= 15 is 0 Å². The van der Waals surface area contributed by atoms with Crippen LogP contribution < -0.4 is 0 Å². The van der Waals surface area contributed by atoms with Gasteiger partial charge < -0.3 is 18.9 Å². The van der Waals surface area contributed by atoms with E-state index in [1.807, 2.05) is 18.7 Å². The van der Waals surface area contributed by atoms with Crippen molar-refractivity contribution in [2.75, 3.05) is 26.3 Å². The Hall–Kier alpha value is -1.40. The van der Waals surface area contributed by atoms with Gasteiger partial charge in [0.05, 0.1) is 25.3 Å². The molecule has 1 atom stereocenters. The first-order valence-electron chi connectivity index (χ1n) is 7.58. The molecule has 21 heavy (non-hydrogen) atoms. The van der Waals surface area contributed by atoms with Gasteiger partial charge >= 0.3 is 0 Å². The molecule has 1 aromatic heterocycles. The van der Waals surface area contributed by atoms with Crippen molar-refractivity contribution in [3.05, 3.63) is 17.0 Å². The highest BCUT2D eigenvalue weighted by Crippen LogP contribution is 2.25. The van der Waals surface area contributed by atoms with Crippen molar-refractivity contribution >= 4 is 5.91 Å². The summed E-state index contributed by atoms with van der Waals surface area (Å²) in [5.74, 6) is 1.15. The van der Waals surface area contributed by atoms with Crippen LogP contribution in [0.4, 0.5) is 0 Å². The molecule has 0 spiro atoms. The SMILES string of the molecule is Cc1noc(C)c1CC(=O)N1CCC[C@@H](C2OCCO2)C1. The van der Waals surface area contributed by atoms with Crippen LogP contribution in [0.3, 0.4) is 0 Å². The van der Waals surface area contributed by atoms with E-state index in [-0.39, 0.29) is 18.1 Å². The largest absolute Gasteiger partial charge is 0.361 e. The summed E-state index contributed by atoms with van der Waals surface area (Å²) in [7, 11) is 0. The molecule has 0 aliphatic carbocycles. The standard InChI is InChI=1S/C15H22N2O4/c1-10-13(11(2)21-16-10)8-14(18)17-5-3-4-12(9-17)15-19-6-7-20-15/h12,15H,3-9H2,1-2H3/t12-/m1/s1. The molecule has 2 aliphatic heterocycles. The number of piperidine rings is 1. The van der Waals surface area contributed by atoms with Crippen molar-refractivity contribution in [3.8, 4) is 0 Å². The minimum absolute atomic E-state index is 0.132. The number of hydrogen-bond acceptors (Lipinski definition) is 5. The molecule has 6 nitrogen and oxygen atoms in total. The lowest BCUT2D eigenvalue weighted by atomic mass is 9.96. The van der Waals surface area contributed by atoms with Gasteiger partial charge in [0, 0.05) is 24.6 Å². The Morgan fingerprint density at radius 3 is 2.76 bits per heavy atom. The molecule has 0 unspecified atom stereocenters. The maximum atomic E-state index is 12.5. The number of carbonyl (C=O) groups is 1. The highest BCUT2D eigenvalue weighted by Gasteiger charge is 2.33. The summed E-state index contributed by atoms with van der Waals surface area (Å²) < 4.78 is 16.3. The molecule has 2 fully saturated rings. The maximum absolute atomic E-state index is 12.5. The molecule has 2 aliphatic rings. The number of hydrogen-bond donors (Lipinski definition) is 0. The van der Waals surface area contributed by atoms with Gasteiger partial charge in [-0.1, -0.05) is 5.16 Å². The van der Waals surface area contributed by atoms with Crippen LogP contribution in [0, 0.1) is 19.8 Å². The topological polar surface area (TPSA) is 64.8 Å². The summed E-state index contributed by atoms with van der Waals surface area (Å²) in [4.78, 5) is 14.4. The van der Waals surface area contributed by atoms with Crippen molar-refractivity contribution in [1.29, 1.82) is 0 Å². The van der Waals surface area contributed by atoms with Crippen LogP contribution in [0.15, 0.2) is 4.52 Å². The number of likely N-dealkylation sites (tertiary alicyclic amines) is 1. The van der Waals surface area contributed by atoms with Crippen molar-refractivity contribution in [2.45, 2.75) is 39.4 Å². The minimum atomic E-state index is -0.139. The predicted molar refractivity (Wildman–Crippen MR) is 74.7 cm³/mol. The number of aryl methyl sites for hydroxylation is 2. The zero-order valence-corrected chi connectivity index (χ0v) is 12.6. The molecule has 0 bridgehead atoms. The van der Waals surface area contributed by atoms with E-state index in [2.05, 4.69) is 5.16 Å². The van der Waals surface area contributed by atoms with Crippen molar-refractivity contribution < 1.29 is 18.8 Å². The Labute approximate surface area is 124 Å². The fourth-order valence-electron chi connectivity index (χ4n) is 3.12. The zero-order chi connectivity index (χ0) is 14.8. The van der Waals surface area contributed by atoms with Crippen LogP contribution in [0.1, 0.15) is 29.9 Å². The van der Waals surface area contributed by atoms with Crippen LogP contribution >= 0.6 is 0 Å². The summed E-state index contributed by atoms with van der Waals surface area (Å²) in [6, 6.07) is 0. The molecule has 0 N–H and O–H groups in total. The minimum Gasteiger partial charge on any atom is -0.361 e. The summed E-state index contributed by atoms with van der Waals surface area (Å²) in [6.45, 7) is 6.57. The molecule has 0 saturated carbocycles. The van der Waals surface area contributed by atoms with E-state index in [1.54, 1.807) is 0 Å². The summed E-state index contributed by atoms with van der Waals surface area (Å²) in [5.41, 5.74) is 1.72. The van der Waals surface area contributed by atoms with Gasteiger partial charge in [-0.3, -0.25) is 4.79 Å². The Bertz CT molecular complexity index is 488. The van der Waals surface area contributed by atoms with Gasteiger partial charge in [0.1, 0.15) is 5.76 Å². The van der Waals surface area contributed by atoms with E-state index in [1.165, 1.54) is 0 Å². The Morgan fingerprint density at radius 1 is 1.33 bits per heavy atom. The first kappa shape index (κ1) is 14.5. The molecule has 3 rings (SSSR count). The fraction of sp³-hybridized carbons (Fsp3) is 0.733. The normalized spacial score (nSPS) is 23.7. The third-order valence-corrected chi connectivity index (χ3v) is 4.35. The Morgan fingerprint density at radius 2 is 2.10 bits per heavy atom. The van der Waals surface area contributed by atoms with E-state index in [0.717, 1.165) is 36.4 Å². The number of rotatable bonds is 3. The van der Waals surface area contributed by atoms with E-state index in [0.29, 0.717) is 26.2 Å². The summed E-state index contributed by atoms with van der Waals surface area (Å²) in [6.07, 6.45) is 2.28. The molecule has 0 aromatic carbocycles. The van der Waals surface area contributed by atoms with Crippen LogP contribution in [0.25, 0.3) is 0 Å². The molecule has 6 heteroatoms. The molecular formula is C15H22N2O4. The van der Waals surface area contributed by atoms with Crippen molar-refractivity contribution in [2.24, 2.45) is 5.92 Å². The number of carbonyl (C=O) groups excluding carboxylic acids is 1. The Balaban J connectivity index is 1.61. The average molecular weight is 294 g/mol. The van der Waals surface area contributed by atoms with Crippen LogP contribution in [-0.2, 0) is 20.7 Å². The molecule has 1 aromatic rings. The van der Waals surface area contributed by atoms with Crippen molar-refractivity contribution in [3.63, 3.8) is 0 Å². The van der Waals surface area contributed by atoms with E-state index < -0.39 is 0 Å². The monoisotopic (exact) mass is 294 g/mol. The quantitative estimate of drug-likeness (QED) is 0.844. The second-order valence-corrected chi connectivity index (χ2v) is 5.83. The lowest BCUT2D eigenvalue weighted by molar-refractivity contribution is -0.138. The van der Waals surface area contributed by atoms with Gasteiger partial charge in [0.15, 0.2) is 6.29 Å². The maximum Gasteiger partial charge on any atom is 0.227 e. The summed E-state index contributed by atoms with van der Waals surface area (Å²) in [5, 5.41) is 3.91. The van der Waals surface area contributed by atoms with Gasteiger partial charge in [-0.25, -0.2) is 0 Å². The smallest absolute Gasteiger partial charge is 0.227 e. The van der Waals surface area contributed by atoms with Gasteiger partial charge in [-0.15, -0.1) is 0 Å². The van der Waals surface area contributed by atoms with Crippen LogP contribution in [0.2, 0.25) is 0 Å². The first-order chi connectivity index (χ1) is 10.1. The third kappa shape index (κ3) is 3.11. The van der Waals surface area contributed by atoms with Gasteiger partial charge in [0.25, 0.3) is 0 Å². The first-order valence-corrected chi connectivity index (χ1v) is 7.58. The van der Waals surface area contributed by atoms with Crippen LogP contribution in [-0.4, -0.2) is 48.6 Å². The number of ether oxygens (including phenoxy) is 2. The van der Waals surface area contributed by atoms with Gasteiger partial charge in [-0.2, -0.15) is 0 Å². The highest BCUT2D eigenvalue weighted by atomic mass is 16.7. The third-order valence-electron chi connectivity index (χ3n) is 4.35. The molecule has 1 amide bonds. The lowest BCUT2D eigenvalue weighted by Crippen LogP contribution is -2.44. The number of aromatic nitrogens is 1. The van der Waals surface area contributed by atoms with Gasteiger partial charge in [-0.05, 0) is 26.7 Å². The molecular weight excluding hydrogens is 272 g/mol. The highest BCUT2D eigenvalue weighted by molar-refractivity contribution is 5.79. The molecule has 3 heterocycles. The molecule has 2 saturated heterocycles. The zero-order valence-electron chi connectivity index (χ0n) is 12.6. The number of amides is 1. The van der Waals surface area contributed by atoms with Crippen LogP contribution in [0.5, 0.6) is 0 Å². The average Bonchev–Trinajstić information content (AvgIpc) is 3.13. The number of nitrogens with zero attached hydrogens (tertiary/aromatic N) is 2. The molecule has 0 radical (unpaired) electrons. The molecule has 116 valence electrons. The second-order valence-electron chi connectivity index (χ2n) is 5.83. The fourth-order valence-corrected chi connectivity index (χ4v) is 3.12. The Kier molecular flexibility index (Phi) is 4.26. The predicted octanol–water partition coefficient (Wildman–Crippen LogP) is 1.45. The van der Waals surface area contributed by atoms with Crippen molar-refractivity contribution in [1.82, 2.24) is 10.1 Å². The lowest BCUT2D eigenvalue weighted by Gasteiger charge is -2.34. The van der Waals surface area contributed by atoms with Gasteiger partial charge in [0.2, 0.25) is 5.91 Å². The second kappa shape index (κ2) is 6.15. The van der Waals surface area contributed by atoms with E-state index in [4.69, 9.17) is 14.0 Å².